The molecule has 0 saturated carbocycles. The second kappa shape index (κ2) is 7.82. The molecule has 3 aromatic rings. The number of rotatable bonds is 5. The largest absolute Gasteiger partial charge is 0.351 e. The topological polar surface area (TPSA) is 131 Å². The van der Waals surface area contributed by atoms with Crippen LogP contribution in [0, 0.1) is 0 Å². The standard InChI is InChI=1S/C18H17FN8O2/c1-2-11-12(19)13(25-26-20)18(29-11)27-9-23-14-15(21-8-22-16(14)27)24-17(28)10-6-4-3-5-7-10/h3-9,11-13,18H,2H2,1H3,(H,21,22,24,28)/t11-,12-,13-,18-/m1/s1. The summed E-state index contributed by atoms with van der Waals surface area (Å²) in [5.41, 5.74) is 9.93. The average Bonchev–Trinajstić information content (AvgIpc) is 3.31. The number of amides is 1. The molecule has 0 radical (unpaired) electrons. The summed E-state index contributed by atoms with van der Waals surface area (Å²) in [6.45, 7) is 1.79. The number of alkyl halides is 1. The molecule has 1 amide bonds. The maximum absolute atomic E-state index is 14.6. The van der Waals surface area contributed by atoms with Crippen LogP contribution in [0.3, 0.4) is 0 Å². The Balaban J connectivity index is 1.69. The number of halogens is 1. The molecule has 1 saturated heterocycles. The molecule has 1 aliphatic rings. The molecule has 0 unspecified atom stereocenters. The zero-order valence-electron chi connectivity index (χ0n) is 15.4. The Morgan fingerprint density at radius 1 is 1.34 bits per heavy atom. The number of carbonyl (C=O) groups excluding carboxylic acids is 1. The van der Waals surface area contributed by atoms with Crippen LogP contribution in [0.25, 0.3) is 21.6 Å². The van der Waals surface area contributed by atoms with Crippen molar-refractivity contribution in [2.75, 3.05) is 5.32 Å². The third-order valence-corrected chi connectivity index (χ3v) is 4.78. The lowest BCUT2D eigenvalue weighted by atomic mass is 10.1. The first-order valence-corrected chi connectivity index (χ1v) is 9.01. The quantitative estimate of drug-likeness (QED) is 0.401. The van der Waals surface area contributed by atoms with E-state index >= 15 is 0 Å². The normalized spacial score (nSPS) is 23.7. The van der Waals surface area contributed by atoms with E-state index in [4.69, 9.17) is 10.3 Å². The number of hydrogen-bond donors (Lipinski definition) is 1. The maximum atomic E-state index is 14.6. The molecule has 1 N–H and O–H groups in total. The molecule has 29 heavy (non-hydrogen) atoms. The lowest BCUT2D eigenvalue weighted by Crippen LogP contribution is -2.25. The molecule has 10 nitrogen and oxygen atoms in total. The number of hydrogen-bond acceptors (Lipinski definition) is 6. The molecular formula is C18H17FN8O2. The van der Waals surface area contributed by atoms with Crippen molar-refractivity contribution in [3.63, 3.8) is 0 Å². The molecule has 0 aliphatic carbocycles. The molecule has 4 atom stereocenters. The summed E-state index contributed by atoms with van der Waals surface area (Å²) >= 11 is 0. The van der Waals surface area contributed by atoms with Gasteiger partial charge in [-0.05, 0) is 24.1 Å². The van der Waals surface area contributed by atoms with Crippen molar-refractivity contribution >= 4 is 22.9 Å². The zero-order chi connectivity index (χ0) is 20.4. The van der Waals surface area contributed by atoms with Crippen LogP contribution in [-0.2, 0) is 4.74 Å². The molecule has 148 valence electrons. The number of anilines is 1. The number of fused-ring (bicyclic) bond motifs is 1. The third kappa shape index (κ3) is 3.37. The summed E-state index contributed by atoms with van der Waals surface area (Å²) in [6, 6.07) is 7.61. The van der Waals surface area contributed by atoms with Crippen molar-refractivity contribution in [3.8, 4) is 0 Å². The van der Waals surface area contributed by atoms with Gasteiger partial charge in [0.25, 0.3) is 5.91 Å². The van der Waals surface area contributed by atoms with E-state index in [1.54, 1.807) is 31.2 Å². The number of nitrogens with one attached hydrogen (secondary N) is 1. The Kier molecular flexibility index (Phi) is 5.07. The molecular weight excluding hydrogens is 379 g/mol. The highest BCUT2D eigenvalue weighted by Crippen LogP contribution is 2.37. The van der Waals surface area contributed by atoms with Gasteiger partial charge in [0.05, 0.1) is 12.4 Å². The lowest BCUT2D eigenvalue weighted by molar-refractivity contribution is -0.00978. The van der Waals surface area contributed by atoms with Crippen molar-refractivity contribution in [2.45, 2.75) is 37.9 Å². The fourth-order valence-electron chi connectivity index (χ4n) is 3.34. The van der Waals surface area contributed by atoms with Gasteiger partial charge in [0, 0.05) is 10.5 Å². The van der Waals surface area contributed by atoms with Gasteiger partial charge in [0.2, 0.25) is 0 Å². The van der Waals surface area contributed by atoms with E-state index in [2.05, 4.69) is 30.3 Å². The third-order valence-electron chi connectivity index (χ3n) is 4.78. The van der Waals surface area contributed by atoms with E-state index in [9.17, 15) is 9.18 Å². The van der Waals surface area contributed by atoms with E-state index in [0.29, 0.717) is 23.1 Å². The molecule has 4 rings (SSSR count). The first-order chi connectivity index (χ1) is 14.1. The minimum absolute atomic E-state index is 0.213. The second-order valence-electron chi connectivity index (χ2n) is 6.48. The van der Waals surface area contributed by atoms with Crippen molar-refractivity contribution < 1.29 is 13.9 Å². The summed E-state index contributed by atoms with van der Waals surface area (Å²) in [5.74, 6) is -0.135. The summed E-state index contributed by atoms with van der Waals surface area (Å²) < 4.78 is 21.9. The molecule has 1 fully saturated rings. The number of benzene rings is 1. The van der Waals surface area contributed by atoms with Crippen LogP contribution in [-0.4, -0.2) is 43.7 Å². The van der Waals surface area contributed by atoms with E-state index in [1.165, 1.54) is 17.2 Å². The summed E-state index contributed by atoms with van der Waals surface area (Å²) in [6.07, 6.45) is 0.0538. The highest BCUT2D eigenvalue weighted by molar-refractivity contribution is 6.06. The Hall–Kier alpha value is -3.56. The van der Waals surface area contributed by atoms with Gasteiger partial charge in [-0.2, -0.15) is 0 Å². The fraction of sp³-hybridized carbons (Fsp3) is 0.333. The van der Waals surface area contributed by atoms with Crippen molar-refractivity contribution in [1.82, 2.24) is 19.5 Å². The SMILES string of the molecule is CC[C@H]1O[C@@H](n2cnc3c(NC(=O)c4ccccc4)ncnc32)[C@H](N=[N+]=[N-])[C@@H]1F. The Labute approximate surface area is 164 Å². The van der Waals surface area contributed by atoms with Crippen LogP contribution in [0.15, 0.2) is 48.1 Å². The lowest BCUT2D eigenvalue weighted by Gasteiger charge is -2.16. The number of carbonyl (C=O) groups is 1. The smallest absolute Gasteiger partial charge is 0.256 e. The minimum Gasteiger partial charge on any atom is -0.351 e. The van der Waals surface area contributed by atoms with Gasteiger partial charge in [0.1, 0.15) is 24.8 Å². The van der Waals surface area contributed by atoms with Gasteiger partial charge >= 0.3 is 0 Å². The molecule has 1 aromatic carbocycles. The molecule has 1 aliphatic heterocycles. The molecule has 0 spiro atoms. The zero-order valence-corrected chi connectivity index (χ0v) is 15.4. The summed E-state index contributed by atoms with van der Waals surface area (Å²) in [5, 5.41) is 6.28. The van der Waals surface area contributed by atoms with Crippen LogP contribution < -0.4 is 5.32 Å². The first-order valence-electron chi connectivity index (χ1n) is 9.01. The van der Waals surface area contributed by atoms with Gasteiger partial charge in [-0.1, -0.05) is 30.2 Å². The summed E-state index contributed by atoms with van der Waals surface area (Å²) in [7, 11) is 0. The second-order valence-corrected chi connectivity index (χ2v) is 6.48. The van der Waals surface area contributed by atoms with Gasteiger partial charge in [-0.3, -0.25) is 9.36 Å². The Morgan fingerprint density at radius 3 is 2.86 bits per heavy atom. The van der Waals surface area contributed by atoms with Gasteiger partial charge in [-0.25, -0.2) is 19.3 Å². The van der Waals surface area contributed by atoms with Crippen LogP contribution in [0.4, 0.5) is 10.2 Å². The van der Waals surface area contributed by atoms with E-state index in [1.807, 2.05) is 6.07 Å². The van der Waals surface area contributed by atoms with Crippen LogP contribution in [0.2, 0.25) is 0 Å². The van der Waals surface area contributed by atoms with Crippen LogP contribution >= 0.6 is 0 Å². The number of imidazole rings is 1. The monoisotopic (exact) mass is 396 g/mol. The number of aromatic nitrogens is 4. The maximum Gasteiger partial charge on any atom is 0.256 e. The van der Waals surface area contributed by atoms with Crippen molar-refractivity contribution in [2.24, 2.45) is 5.11 Å². The first kappa shape index (κ1) is 18.8. The number of nitrogens with zero attached hydrogens (tertiary/aromatic N) is 7. The van der Waals surface area contributed by atoms with E-state index < -0.39 is 24.5 Å². The number of ether oxygens (including phenoxy) is 1. The van der Waals surface area contributed by atoms with Crippen molar-refractivity contribution in [3.05, 3.63) is 59.0 Å². The Morgan fingerprint density at radius 2 is 2.14 bits per heavy atom. The minimum atomic E-state index is -1.45. The summed E-state index contributed by atoms with van der Waals surface area (Å²) in [4.78, 5) is 27.8. The average molecular weight is 396 g/mol. The van der Waals surface area contributed by atoms with Crippen molar-refractivity contribution in [1.29, 1.82) is 0 Å². The molecule has 11 heteroatoms. The van der Waals surface area contributed by atoms with Gasteiger partial charge in [-0.15, -0.1) is 0 Å². The molecule has 3 heterocycles. The highest BCUT2D eigenvalue weighted by atomic mass is 19.1. The molecule has 0 bridgehead atoms. The van der Waals surface area contributed by atoms with Crippen LogP contribution in [0.1, 0.15) is 29.9 Å². The predicted molar refractivity (Wildman–Crippen MR) is 102 cm³/mol. The Bertz CT molecular complexity index is 1080. The predicted octanol–water partition coefficient (Wildman–Crippen LogP) is 3.40. The van der Waals surface area contributed by atoms with E-state index in [0.717, 1.165) is 0 Å². The molecule has 2 aromatic heterocycles. The van der Waals surface area contributed by atoms with Crippen LogP contribution in [0.5, 0.6) is 0 Å². The van der Waals surface area contributed by atoms with Gasteiger partial charge in [0.15, 0.2) is 17.0 Å². The number of azide groups is 1. The van der Waals surface area contributed by atoms with E-state index in [-0.39, 0.29) is 11.7 Å². The fourth-order valence-corrected chi connectivity index (χ4v) is 3.34. The highest BCUT2D eigenvalue weighted by Gasteiger charge is 2.45. The van der Waals surface area contributed by atoms with Gasteiger partial charge < -0.3 is 10.1 Å².